The molecule has 1 rings (SSSR count). The Kier molecular flexibility index (Phi) is 14.0. The van der Waals surface area contributed by atoms with Gasteiger partial charge < -0.3 is 0 Å². The van der Waals surface area contributed by atoms with E-state index < -0.39 is 0 Å². The van der Waals surface area contributed by atoms with Crippen LogP contribution in [0, 0.1) is 28.6 Å². The lowest BCUT2D eigenvalue weighted by atomic mass is 9.77. The molecule has 0 spiro atoms. The van der Waals surface area contributed by atoms with Crippen LogP contribution in [-0.2, 0) is 0 Å². The Balaban J connectivity index is 2.26. The Morgan fingerprint density at radius 1 is 1.07 bits per heavy atom. The van der Waals surface area contributed by atoms with Crippen LogP contribution in [0.1, 0.15) is 112 Å². The highest BCUT2D eigenvalue weighted by Crippen LogP contribution is 2.37. The number of nitrogens with zero attached hydrogens (tertiary/aromatic N) is 1. The SMILES string of the molecule is CCCCCC(C)CC/C=C(\C)CCCC(C)CCC1=CC(N=O)C(C)C(C)C1S. The lowest BCUT2D eigenvalue weighted by Gasteiger charge is -2.34. The molecule has 6 unspecified atom stereocenters. The molecule has 0 amide bonds. The topological polar surface area (TPSA) is 29.4 Å². The van der Waals surface area contributed by atoms with Crippen molar-refractivity contribution >= 4 is 12.6 Å². The fourth-order valence-electron chi connectivity index (χ4n) is 4.65. The van der Waals surface area contributed by atoms with Crippen molar-refractivity contribution in [3.8, 4) is 0 Å². The predicted octanol–water partition coefficient (Wildman–Crippen LogP) is 9.16. The molecule has 3 heteroatoms. The van der Waals surface area contributed by atoms with E-state index in [0.29, 0.717) is 11.8 Å². The van der Waals surface area contributed by atoms with Crippen LogP contribution in [0.2, 0.25) is 0 Å². The molecule has 0 radical (unpaired) electrons. The molecule has 6 atom stereocenters. The van der Waals surface area contributed by atoms with Crippen LogP contribution in [0.4, 0.5) is 0 Å². The van der Waals surface area contributed by atoms with Gasteiger partial charge in [0.15, 0.2) is 0 Å². The van der Waals surface area contributed by atoms with Gasteiger partial charge in [0.05, 0.1) is 0 Å². The molecule has 2 nitrogen and oxygen atoms in total. The summed E-state index contributed by atoms with van der Waals surface area (Å²) in [5, 5.41) is 3.62. The molecular weight excluding hydrogens is 386 g/mol. The van der Waals surface area contributed by atoms with Crippen LogP contribution < -0.4 is 0 Å². The van der Waals surface area contributed by atoms with E-state index in [2.05, 4.69) is 58.9 Å². The maximum atomic E-state index is 11.2. The quantitative estimate of drug-likeness (QED) is 0.118. The molecule has 1 aliphatic rings. The van der Waals surface area contributed by atoms with Crippen molar-refractivity contribution in [1.82, 2.24) is 0 Å². The third-order valence-electron chi connectivity index (χ3n) is 7.40. The zero-order valence-electron chi connectivity index (χ0n) is 20.7. The van der Waals surface area contributed by atoms with Gasteiger partial charge in [-0.3, -0.25) is 0 Å². The summed E-state index contributed by atoms with van der Waals surface area (Å²) >= 11 is 4.84. The maximum Gasteiger partial charge on any atom is 0.113 e. The summed E-state index contributed by atoms with van der Waals surface area (Å²) in [5.41, 5.74) is 2.90. The van der Waals surface area contributed by atoms with Crippen LogP contribution in [0.3, 0.4) is 0 Å². The molecule has 30 heavy (non-hydrogen) atoms. The van der Waals surface area contributed by atoms with Gasteiger partial charge in [0.1, 0.15) is 6.04 Å². The minimum absolute atomic E-state index is 0.171. The lowest BCUT2D eigenvalue weighted by molar-refractivity contribution is 0.335. The van der Waals surface area contributed by atoms with E-state index in [9.17, 15) is 4.91 Å². The average molecular weight is 436 g/mol. The first-order valence-corrected chi connectivity index (χ1v) is 13.2. The molecule has 0 aliphatic heterocycles. The summed E-state index contributed by atoms with van der Waals surface area (Å²) in [6.45, 7) is 13.7. The van der Waals surface area contributed by atoms with Crippen molar-refractivity contribution < 1.29 is 0 Å². The molecule has 0 N–H and O–H groups in total. The van der Waals surface area contributed by atoms with E-state index in [1.54, 1.807) is 5.57 Å². The van der Waals surface area contributed by atoms with Crippen LogP contribution >= 0.6 is 12.6 Å². The Morgan fingerprint density at radius 3 is 2.40 bits per heavy atom. The van der Waals surface area contributed by atoms with Gasteiger partial charge in [-0.25, -0.2) is 0 Å². The highest BCUT2D eigenvalue weighted by atomic mass is 32.1. The number of unbranched alkanes of at least 4 members (excludes halogenated alkanes) is 2. The third-order valence-corrected chi connectivity index (χ3v) is 8.20. The second-order valence-corrected chi connectivity index (χ2v) is 10.8. The number of nitroso groups, excluding NO2 is 1. The van der Waals surface area contributed by atoms with Gasteiger partial charge in [0, 0.05) is 5.25 Å². The molecule has 0 aromatic rings. The van der Waals surface area contributed by atoms with Crippen LogP contribution in [0.5, 0.6) is 0 Å². The summed E-state index contributed by atoms with van der Waals surface area (Å²) in [6.07, 6.45) is 18.7. The van der Waals surface area contributed by atoms with Gasteiger partial charge in [-0.1, -0.05) is 95.2 Å². The van der Waals surface area contributed by atoms with Gasteiger partial charge in [0.25, 0.3) is 0 Å². The van der Waals surface area contributed by atoms with Crippen molar-refractivity contribution in [2.45, 2.75) is 123 Å². The van der Waals surface area contributed by atoms with E-state index in [0.717, 1.165) is 18.3 Å². The Labute approximate surface area is 193 Å². The van der Waals surface area contributed by atoms with E-state index in [4.69, 9.17) is 12.6 Å². The summed E-state index contributed by atoms with van der Waals surface area (Å²) in [6, 6.07) is -0.171. The summed E-state index contributed by atoms with van der Waals surface area (Å²) < 4.78 is 0. The summed E-state index contributed by atoms with van der Waals surface area (Å²) in [5.74, 6) is 2.29. The standard InChI is InChI=1S/C27H49NOS/c1-7-8-9-12-20(2)13-10-14-21(3)15-11-16-22(4)17-18-25-19-26(28-29)23(5)24(6)27(25)30/h14,19-20,22-24,26-27,30H,7-13,15-18H2,1-6H3/b21-14+. The van der Waals surface area contributed by atoms with E-state index in [-0.39, 0.29) is 11.3 Å². The highest BCUT2D eigenvalue weighted by Gasteiger charge is 2.33. The molecule has 0 aromatic heterocycles. The fourth-order valence-corrected chi connectivity index (χ4v) is 5.14. The van der Waals surface area contributed by atoms with Crippen molar-refractivity contribution in [2.75, 3.05) is 0 Å². The second kappa shape index (κ2) is 15.3. The lowest BCUT2D eigenvalue weighted by Crippen LogP contribution is -2.33. The number of allylic oxidation sites excluding steroid dienone is 2. The predicted molar refractivity (Wildman–Crippen MR) is 137 cm³/mol. The zero-order valence-corrected chi connectivity index (χ0v) is 21.6. The molecule has 0 heterocycles. The first-order valence-electron chi connectivity index (χ1n) is 12.7. The Bertz CT molecular complexity index is 541. The normalized spacial score (nSPS) is 26.9. The van der Waals surface area contributed by atoms with Gasteiger partial charge in [-0.15, -0.1) is 0 Å². The smallest absolute Gasteiger partial charge is 0.113 e. The Hall–Kier alpha value is -0.570. The largest absolute Gasteiger partial charge is 0.171 e. The van der Waals surface area contributed by atoms with E-state index >= 15 is 0 Å². The van der Waals surface area contributed by atoms with Gasteiger partial charge >= 0.3 is 0 Å². The molecule has 0 bridgehead atoms. The molecule has 0 saturated heterocycles. The van der Waals surface area contributed by atoms with E-state index in [1.807, 2.05) is 0 Å². The van der Waals surface area contributed by atoms with Crippen LogP contribution in [0.15, 0.2) is 28.5 Å². The van der Waals surface area contributed by atoms with Gasteiger partial charge in [-0.2, -0.15) is 17.5 Å². The molecule has 0 aromatic carbocycles. The molecule has 1 aliphatic carbocycles. The monoisotopic (exact) mass is 435 g/mol. The molecule has 0 fully saturated rings. The molecule has 174 valence electrons. The number of thiol groups is 1. The average Bonchev–Trinajstić information content (AvgIpc) is 2.71. The summed E-state index contributed by atoms with van der Waals surface area (Å²) in [7, 11) is 0. The van der Waals surface area contributed by atoms with Crippen molar-refractivity contribution in [2.24, 2.45) is 28.8 Å². The molecular formula is C27H49NOS. The van der Waals surface area contributed by atoms with Crippen molar-refractivity contribution in [3.63, 3.8) is 0 Å². The fraction of sp³-hybridized carbons (Fsp3) is 0.852. The highest BCUT2D eigenvalue weighted by molar-refractivity contribution is 7.81. The second-order valence-electron chi connectivity index (χ2n) is 10.3. The Morgan fingerprint density at radius 2 is 1.73 bits per heavy atom. The van der Waals surface area contributed by atoms with Gasteiger partial charge in [0.2, 0.25) is 0 Å². The third kappa shape index (κ3) is 10.2. The van der Waals surface area contributed by atoms with Crippen molar-refractivity contribution in [3.05, 3.63) is 28.2 Å². The van der Waals surface area contributed by atoms with Gasteiger partial charge in [-0.05, 0) is 69.1 Å². The van der Waals surface area contributed by atoms with Crippen LogP contribution in [0.25, 0.3) is 0 Å². The minimum Gasteiger partial charge on any atom is -0.171 e. The zero-order chi connectivity index (χ0) is 22.5. The maximum absolute atomic E-state index is 11.2. The minimum atomic E-state index is -0.171. The van der Waals surface area contributed by atoms with E-state index in [1.165, 1.54) is 69.8 Å². The van der Waals surface area contributed by atoms with Crippen molar-refractivity contribution in [1.29, 1.82) is 0 Å². The first-order chi connectivity index (χ1) is 14.3. The first kappa shape index (κ1) is 27.5. The summed E-state index contributed by atoms with van der Waals surface area (Å²) in [4.78, 5) is 11.2. The molecule has 0 saturated carbocycles. The number of hydrogen-bond donors (Lipinski definition) is 1. The number of rotatable bonds is 15. The number of hydrogen-bond acceptors (Lipinski definition) is 3. The van der Waals surface area contributed by atoms with Crippen LogP contribution in [-0.4, -0.2) is 11.3 Å².